The SMILES string of the molecule is Clc1ccc(-c2ccc3c(N4CCOCC4)nc(-c4cccc(-c5ccccc5)c4)nc3n2)cc1. The van der Waals surface area contributed by atoms with E-state index in [1.165, 1.54) is 0 Å². The van der Waals surface area contributed by atoms with Gasteiger partial charge in [0, 0.05) is 29.2 Å². The van der Waals surface area contributed by atoms with Crippen LogP contribution in [0.4, 0.5) is 5.82 Å². The summed E-state index contributed by atoms with van der Waals surface area (Å²) in [5, 5.41) is 1.64. The normalized spacial score (nSPS) is 13.8. The second-order valence-corrected chi connectivity index (χ2v) is 8.93. The molecule has 35 heavy (non-hydrogen) atoms. The van der Waals surface area contributed by atoms with E-state index in [9.17, 15) is 0 Å². The van der Waals surface area contributed by atoms with Gasteiger partial charge in [0.05, 0.1) is 24.3 Å². The summed E-state index contributed by atoms with van der Waals surface area (Å²) in [6.07, 6.45) is 0. The molecule has 1 fully saturated rings. The van der Waals surface area contributed by atoms with Gasteiger partial charge >= 0.3 is 0 Å². The molecule has 0 aliphatic carbocycles. The van der Waals surface area contributed by atoms with Crippen molar-refractivity contribution < 1.29 is 4.74 Å². The number of ether oxygens (including phenoxy) is 1. The van der Waals surface area contributed by atoms with Crippen LogP contribution in [-0.4, -0.2) is 41.3 Å². The molecule has 0 N–H and O–H groups in total. The summed E-state index contributed by atoms with van der Waals surface area (Å²) in [6, 6.07) is 30.5. The van der Waals surface area contributed by atoms with Crippen molar-refractivity contribution in [3.63, 3.8) is 0 Å². The molecule has 5 nitrogen and oxygen atoms in total. The molecule has 6 heteroatoms. The van der Waals surface area contributed by atoms with Crippen molar-refractivity contribution in [3.8, 4) is 33.8 Å². The second kappa shape index (κ2) is 9.45. The van der Waals surface area contributed by atoms with Crippen molar-refractivity contribution in [1.82, 2.24) is 15.0 Å². The number of benzene rings is 3. The first-order chi connectivity index (χ1) is 17.2. The van der Waals surface area contributed by atoms with Gasteiger partial charge in [-0.25, -0.2) is 15.0 Å². The molecule has 3 aromatic carbocycles. The molecule has 0 atom stereocenters. The molecule has 0 bridgehead atoms. The van der Waals surface area contributed by atoms with Crippen LogP contribution in [0.15, 0.2) is 91.0 Å². The van der Waals surface area contributed by atoms with Crippen molar-refractivity contribution in [1.29, 1.82) is 0 Å². The summed E-state index contributed by atoms with van der Waals surface area (Å²) in [7, 11) is 0. The van der Waals surface area contributed by atoms with Crippen molar-refractivity contribution in [2.24, 2.45) is 0 Å². The van der Waals surface area contributed by atoms with Crippen molar-refractivity contribution in [2.45, 2.75) is 0 Å². The van der Waals surface area contributed by atoms with Crippen LogP contribution in [-0.2, 0) is 4.74 Å². The first-order valence-electron chi connectivity index (χ1n) is 11.7. The lowest BCUT2D eigenvalue weighted by atomic mass is 10.0. The standard InChI is InChI=1S/C29H23ClN4O/c30-24-11-9-21(10-12-24)26-14-13-25-28(31-26)32-27(33-29(25)34-15-17-35-18-16-34)23-8-4-7-22(19-23)20-5-2-1-3-6-20/h1-14,19H,15-18H2. The van der Waals surface area contributed by atoms with Gasteiger partial charge in [-0.3, -0.25) is 0 Å². The highest BCUT2D eigenvalue weighted by Gasteiger charge is 2.19. The molecule has 0 radical (unpaired) electrons. The predicted molar refractivity (Wildman–Crippen MR) is 142 cm³/mol. The summed E-state index contributed by atoms with van der Waals surface area (Å²) in [6.45, 7) is 2.93. The van der Waals surface area contributed by atoms with Gasteiger partial charge in [0.1, 0.15) is 5.82 Å². The molecule has 6 rings (SSSR count). The van der Waals surface area contributed by atoms with Crippen LogP contribution in [0.5, 0.6) is 0 Å². The third kappa shape index (κ3) is 4.48. The van der Waals surface area contributed by atoms with Gasteiger partial charge in [-0.15, -0.1) is 0 Å². The van der Waals surface area contributed by atoms with Crippen LogP contribution in [0.1, 0.15) is 0 Å². The fourth-order valence-corrected chi connectivity index (χ4v) is 4.52. The molecule has 0 saturated carbocycles. The van der Waals surface area contributed by atoms with Gasteiger partial charge in [-0.1, -0.05) is 72.3 Å². The monoisotopic (exact) mass is 478 g/mol. The minimum absolute atomic E-state index is 0.664. The fourth-order valence-electron chi connectivity index (χ4n) is 4.39. The molecular weight excluding hydrogens is 456 g/mol. The Balaban J connectivity index is 1.50. The van der Waals surface area contributed by atoms with E-state index in [1.807, 2.05) is 48.5 Å². The molecule has 1 aliphatic heterocycles. The molecule has 5 aromatic rings. The maximum absolute atomic E-state index is 6.09. The molecule has 1 saturated heterocycles. The Morgan fingerprint density at radius 1 is 0.657 bits per heavy atom. The van der Waals surface area contributed by atoms with Gasteiger partial charge in [-0.2, -0.15) is 0 Å². The Morgan fingerprint density at radius 2 is 1.40 bits per heavy atom. The summed E-state index contributed by atoms with van der Waals surface area (Å²) in [5.41, 5.74) is 5.77. The molecule has 2 aromatic heterocycles. The topological polar surface area (TPSA) is 51.1 Å². The van der Waals surface area contributed by atoms with Crippen molar-refractivity contribution in [3.05, 3.63) is 96.0 Å². The van der Waals surface area contributed by atoms with Crippen LogP contribution in [0.25, 0.3) is 44.8 Å². The van der Waals surface area contributed by atoms with E-state index in [0.717, 1.165) is 52.2 Å². The van der Waals surface area contributed by atoms with Crippen molar-refractivity contribution in [2.75, 3.05) is 31.2 Å². The van der Waals surface area contributed by atoms with Gasteiger partial charge in [-0.05, 0) is 41.5 Å². The van der Waals surface area contributed by atoms with E-state index < -0.39 is 0 Å². The Labute approximate surface area is 209 Å². The first kappa shape index (κ1) is 21.7. The Hall–Kier alpha value is -3.80. The molecule has 0 unspecified atom stereocenters. The highest BCUT2D eigenvalue weighted by Crippen LogP contribution is 2.31. The van der Waals surface area contributed by atoms with Gasteiger partial charge < -0.3 is 9.64 Å². The number of fused-ring (bicyclic) bond motifs is 1. The summed E-state index contributed by atoms with van der Waals surface area (Å²) in [4.78, 5) is 17.2. The molecule has 0 spiro atoms. The zero-order chi connectivity index (χ0) is 23.6. The number of hydrogen-bond acceptors (Lipinski definition) is 5. The number of anilines is 1. The molecule has 1 aliphatic rings. The highest BCUT2D eigenvalue weighted by molar-refractivity contribution is 6.30. The van der Waals surface area contributed by atoms with Crippen LogP contribution < -0.4 is 4.90 Å². The Kier molecular flexibility index (Phi) is 5.86. The lowest BCUT2D eigenvalue weighted by Crippen LogP contribution is -2.37. The lowest BCUT2D eigenvalue weighted by molar-refractivity contribution is 0.122. The molecule has 0 amide bonds. The van der Waals surface area contributed by atoms with E-state index in [-0.39, 0.29) is 0 Å². The average molecular weight is 479 g/mol. The number of hydrogen-bond donors (Lipinski definition) is 0. The Morgan fingerprint density at radius 3 is 2.20 bits per heavy atom. The number of aromatic nitrogens is 3. The number of nitrogens with zero attached hydrogens (tertiary/aromatic N) is 4. The number of morpholine rings is 1. The number of halogens is 1. The molecular formula is C29H23ClN4O. The van der Waals surface area contributed by atoms with Gasteiger partial charge in [0.2, 0.25) is 0 Å². The van der Waals surface area contributed by atoms with Crippen LogP contribution in [0.2, 0.25) is 5.02 Å². The van der Waals surface area contributed by atoms with E-state index in [4.69, 9.17) is 31.3 Å². The van der Waals surface area contributed by atoms with E-state index >= 15 is 0 Å². The van der Waals surface area contributed by atoms with Gasteiger partial charge in [0.25, 0.3) is 0 Å². The minimum atomic E-state index is 0.664. The van der Waals surface area contributed by atoms with Gasteiger partial charge in [0.15, 0.2) is 11.5 Å². The maximum atomic E-state index is 6.09. The highest BCUT2D eigenvalue weighted by atomic mass is 35.5. The van der Waals surface area contributed by atoms with Crippen LogP contribution in [0.3, 0.4) is 0 Å². The first-order valence-corrected chi connectivity index (χ1v) is 12.1. The lowest BCUT2D eigenvalue weighted by Gasteiger charge is -2.29. The van der Waals surface area contributed by atoms with E-state index in [2.05, 4.69) is 47.4 Å². The average Bonchev–Trinajstić information content (AvgIpc) is 2.93. The molecule has 172 valence electrons. The third-order valence-electron chi connectivity index (χ3n) is 6.22. The van der Waals surface area contributed by atoms with E-state index in [0.29, 0.717) is 29.7 Å². The summed E-state index contributed by atoms with van der Waals surface area (Å²) < 4.78 is 5.59. The van der Waals surface area contributed by atoms with Crippen LogP contribution >= 0.6 is 11.6 Å². The number of pyridine rings is 1. The fraction of sp³-hybridized carbons (Fsp3) is 0.138. The minimum Gasteiger partial charge on any atom is -0.378 e. The predicted octanol–water partition coefficient (Wildman–Crippen LogP) is 6.52. The molecule has 3 heterocycles. The summed E-state index contributed by atoms with van der Waals surface area (Å²) >= 11 is 6.09. The maximum Gasteiger partial charge on any atom is 0.165 e. The zero-order valence-electron chi connectivity index (χ0n) is 19.1. The third-order valence-corrected chi connectivity index (χ3v) is 6.47. The van der Waals surface area contributed by atoms with Crippen molar-refractivity contribution >= 4 is 28.5 Å². The summed E-state index contributed by atoms with van der Waals surface area (Å²) in [5.74, 6) is 1.56. The quantitative estimate of drug-likeness (QED) is 0.294. The van der Waals surface area contributed by atoms with E-state index in [1.54, 1.807) is 0 Å². The van der Waals surface area contributed by atoms with Crippen LogP contribution in [0, 0.1) is 0 Å². The Bertz CT molecular complexity index is 1480. The number of rotatable bonds is 4. The zero-order valence-corrected chi connectivity index (χ0v) is 19.8. The largest absolute Gasteiger partial charge is 0.378 e. The second-order valence-electron chi connectivity index (χ2n) is 8.49. The smallest absolute Gasteiger partial charge is 0.165 e.